The maximum absolute atomic E-state index is 12.9. The summed E-state index contributed by atoms with van der Waals surface area (Å²) < 4.78 is 12.8. The van der Waals surface area contributed by atoms with Crippen molar-refractivity contribution in [3.05, 3.63) is 68.8 Å². The van der Waals surface area contributed by atoms with Crippen molar-refractivity contribution in [3.63, 3.8) is 0 Å². The second kappa shape index (κ2) is 5.63. The predicted molar refractivity (Wildman–Crippen MR) is 97.0 cm³/mol. The summed E-state index contributed by atoms with van der Waals surface area (Å²) in [6, 6.07) is 8.86. The molecule has 2 heterocycles. The van der Waals surface area contributed by atoms with Gasteiger partial charge in [0.05, 0.1) is 12.0 Å². The highest BCUT2D eigenvalue weighted by Gasteiger charge is 2.45. The van der Waals surface area contributed by atoms with Crippen LogP contribution < -0.4 is 10.3 Å². The Morgan fingerprint density at radius 1 is 1.27 bits per heavy atom. The third kappa shape index (κ3) is 2.40. The van der Waals surface area contributed by atoms with Crippen molar-refractivity contribution < 1.29 is 14.4 Å². The first-order valence-electron chi connectivity index (χ1n) is 8.01. The molecule has 0 saturated carbocycles. The highest BCUT2D eigenvalue weighted by molar-refractivity contribution is 6.31. The molecule has 4 rings (SSSR count). The van der Waals surface area contributed by atoms with Gasteiger partial charge in [0.2, 0.25) is 0 Å². The lowest BCUT2D eigenvalue weighted by Crippen LogP contribution is -2.51. The van der Waals surface area contributed by atoms with Crippen molar-refractivity contribution in [2.45, 2.75) is 31.6 Å². The summed E-state index contributed by atoms with van der Waals surface area (Å²) in [5.74, 6) is 0.503. The number of hydrogen-bond acceptors (Lipinski definition) is 4. The van der Waals surface area contributed by atoms with Gasteiger partial charge >= 0.3 is 0 Å². The van der Waals surface area contributed by atoms with E-state index >= 15 is 0 Å². The molecule has 132 valence electrons. The van der Waals surface area contributed by atoms with Crippen molar-refractivity contribution in [2.75, 3.05) is 0 Å². The lowest BCUT2D eigenvalue weighted by atomic mass is 9.86. The number of benzene rings is 2. The van der Waals surface area contributed by atoms with Crippen molar-refractivity contribution in [3.8, 4) is 5.75 Å². The van der Waals surface area contributed by atoms with E-state index in [9.17, 15) is 9.90 Å². The van der Waals surface area contributed by atoms with Crippen LogP contribution in [0, 0.1) is 6.57 Å². The van der Waals surface area contributed by atoms with Crippen LogP contribution >= 0.6 is 11.6 Å². The Kier molecular flexibility index (Phi) is 3.62. The predicted octanol–water partition coefficient (Wildman–Crippen LogP) is 3.92. The van der Waals surface area contributed by atoms with Gasteiger partial charge in [0, 0.05) is 16.7 Å². The number of fused-ring (bicyclic) bond motifs is 2. The zero-order chi connectivity index (χ0) is 18.6. The molecular weight excluding hydrogens is 356 g/mol. The number of ether oxygens (including phenoxy) is 1. The molecule has 0 bridgehead atoms. The Bertz CT molecular complexity index is 1120. The number of halogens is 1. The van der Waals surface area contributed by atoms with E-state index in [1.54, 1.807) is 50.2 Å². The Morgan fingerprint density at radius 2 is 2.04 bits per heavy atom. The third-order valence-electron chi connectivity index (χ3n) is 4.65. The van der Waals surface area contributed by atoms with E-state index in [1.165, 1.54) is 0 Å². The van der Waals surface area contributed by atoms with Crippen LogP contribution in [0.5, 0.6) is 5.75 Å². The molecule has 0 fully saturated rings. The zero-order valence-corrected chi connectivity index (χ0v) is 14.8. The average Bonchev–Trinajstić information content (AvgIpc) is 2.91. The van der Waals surface area contributed by atoms with Crippen LogP contribution in [0.15, 0.2) is 45.7 Å². The number of aromatic nitrogens is 1. The molecule has 2 aromatic carbocycles. The van der Waals surface area contributed by atoms with Crippen LogP contribution in [0.1, 0.15) is 25.5 Å². The molecule has 0 saturated heterocycles. The molecule has 1 aliphatic heterocycles. The topological polar surface area (TPSA) is 69.0 Å². The summed E-state index contributed by atoms with van der Waals surface area (Å²) in [6.45, 7) is 10.7. The largest absolute Gasteiger partial charge is 0.485 e. The normalized spacial score (nSPS) is 21.0. The first kappa shape index (κ1) is 16.7. The second-order valence-electron chi connectivity index (χ2n) is 6.79. The van der Waals surface area contributed by atoms with Crippen LogP contribution in [-0.2, 0) is 0 Å². The van der Waals surface area contributed by atoms with Gasteiger partial charge in [-0.2, -0.15) is 4.74 Å². The van der Waals surface area contributed by atoms with Gasteiger partial charge in [-0.25, -0.2) is 4.85 Å². The first-order chi connectivity index (χ1) is 12.3. The molecule has 3 aromatic rings. The van der Waals surface area contributed by atoms with Gasteiger partial charge < -0.3 is 14.4 Å². The van der Waals surface area contributed by atoms with Crippen molar-refractivity contribution in [2.24, 2.45) is 0 Å². The summed E-state index contributed by atoms with van der Waals surface area (Å²) in [4.78, 5) is 16.3. The summed E-state index contributed by atoms with van der Waals surface area (Å²) in [6.07, 6.45) is -1.07. The van der Waals surface area contributed by atoms with Gasteiger partial charge in [-0.05, 0) is 38.1 Å². The smallest absolute Gasteiger partial charge is 0.291 e. The molecule has 6 nitrogen and oxygen atoms in total. The number of nitrogens with zero attached hydrogens (tertiary/aromatic N) is 2. The molecule has 0 aliphatic carbocycles. The van der Waals surface area contributed by atoms with Crippen molar-refractivity contribution in [1.82, 2.24) is 4.74 Å². The van der Waals surface area contributed by atoms with Gasteiger partial charge in [0.25, 0.3) is 5.56 Å². The molecule has 1 N–H and O–H groups in total. The Balaban J connectivity index is 2.00. The van der Waals surface area contributed by atoms with E-state index in [2.05, 4.69) is 4.85 Å². The molecule has 26 heavy (non-hydrogen) atoms. The molecule has 0 amide bonds. The number of aliphatic hydroxyl groups is 1. The number of hydrogen-bond donors (Lipinski definition) is 1. The molecule has 0 spiro atoms. The van der Waals surface area contributed by atoms with E-state index in [0.29, 0.717) is 33.0 Å². The molecule has 0 unspecified atom stereocenters. The van der Waals surface area contributed by atoms with Crippen LogP contribution in [-0.4, -0.2) is 21.6 Å². The lowest BCUT2D eigenvalue weighted by Gasteiger charge is -2.41. The average molecular weight is 371 g/mol. The maximum Gasteiger partial charge on any atom is 0.291 e. The van der Waals surface area contributed by atoms with Crippen LogP contribution in [0.4, 0.5) is 5.69 Å². The van der Waals surface area contributed by atoms with Gasteiger partial charge in [-0.1, -0.05) is 17.7 Å². The van der Waals surface area contributed by atoms with E-state index in [1.807, 2.05) is 0 Å². The fourth-order valence-corrected chi connectivity index (χ4v) is 3.44. The van der Waals surface area contributed by atoms with Gasteiger partial charge in [-0.3, -0.25) is 4.79 Å². The Morgan fingerprint density at radius 3 is 2.77 bits per heavy atom. The van der Waals surface area contributed by atoms with Crippen LogP contribution in [0.25, 0.3) is 15.8 Å². The van der Waals surface area contributed by atoms with Gasteiger partial charge in [0.15, 0.2) is 11.3 Å². The number of aliphatic hydroxyl groups excluding tert-OH is 1. The van der Waals surface area contributed by atoms with E-state index in [4.69, 9.17) is 27.4 Å². The SMILES string of the molecule is [C-]#[N+]c1ccc2c(c1)[C@@H](n1oc3cc(Cl)ccc3c1=O)[C@H](O)C(C)(C)O2. The minimum atomic E-state index is -1.07. The summed E-state index contributed by atoms with van der Waals surface area (Å²) in [5, 5.41) is 11.7. The molecule has 7 heteroatoms. The van der Waals surface area contributed by atoms with Crippen molar-refractivity contribution in [1.29, 1.82) is 0 Å². The van der Waals surface area contributed by atoms with Gasteiger partial charge in [0.1, 0.15) is 23.5 Å². The molecular formula is C19H15ClN2O4. The van der Waals surface area contributed by atoms with Crippen LogP contribution in [0.2, 0.25) is 5.02 Å². The standard InChI is InChI=1S/C19H15ClN2O4/c1-19(2)17(23)16(13-9-11(21-3)5-7-14(13)25-19)22-18(24)12-6-4-10(20)8-15(12)26-22/h4-9,16-17,23H,1-2H3/t16-,17+/m1/s1. The van der Waals surface area contributed by atoms with Gasteiger partial charge in [-0.15, -0.1) is 0 Å². The quantitative estimate of drug-likeness (QED) is 0.659. The number of rotatable bonds is 1. The fourth-order valence-electron chi connectivity index (χ4n) is 3.28. The molecule has 0 radical (unpaired) electrons. The van der Waals surface area contributed by atoms with E-state index in [-0.39, 0.29) is 5.56 Å². The van der Waals surface area contributed by atoms with Crippen molar-refractivity contribution >= 4 is 28.3 Å². The molecule has 1 aromatic heterocycles. The fraction of sp³-hybridized carbons (Fsp3) is 0.263. The zero-order valence-electron chi connectivity index (χ0n) is 14.1. The summed E-state index contributed by atoms with van der Waals surface area (Å²) >= 11 is 5.99. The minimum absolute atomic E-state index is 0.335. The van der Waals surface area contributed by atoms with Crippen LogP contribution in [0.3, 0.4) is 0 Å². The Labute approximate surface area is 154 Å². The van der Waals surface area contributed by atoms with E-state index < -0.39 is 17.7 Å². The van der Waals surface area contributed by atoms with E-state index in [0.717, 1.165) is 4.74 Å². The lowest BCUT2D eigenvalue weighted by molar-refractivity contribution is -0.0763. The first-order valence-corrected chi connectivity index (χ1v) is 8.39. The highest BCUT2D eigenvalue weighted by Crippen LogP contribution is 2.43. The maximum atomic E-state index is 12.9. The molecule has 1 aliphatic rings. The third-order valence-corrected chi connectivity index (χ3v) is 4.88. The summed E-state index contributed by atoms with van der Waals surface area (Å²) in [5.41, 5.74) is -0.0821. The second-order valence-corrected chi connectivity index (χ2v) is 7.23. The monoisotopic (exact) mass is 370 g/mol. The Hall–Kier alpha value is -2.75. The highest BCUT2D eigenvalue weighted by atomic mass is 35.5. The molecule has 2 atom stereocenters. The summed E-state index contributed by atoms with van der Waals surface area (Å²) in [7, 11) is 0. The minimum Gasteiger partial charge on any atom is -0.485 e.